The Morgan fingerprint density at radius 3 is 2.74 bits per heavy atom. The summed E-state index contributed by atoms with van der Waals surface area (Å²) in [5, 5.41) is 8.96. The molecule has 2 N–H and O–H groups in total. The number of amidine groups is 1. The predicted molar refractivity (Wildman–Crippen MR) is 136 cm³/mol. The number of amides is 1. The minimum Gasteiger partial charge on any atom is -0.378 e. The van der Waals surface area contributed by atoms with Crippen LogP contribution < -0.4 is 5.73 Å². The van der Waals surface area contributed by atoms with Crippen molar-refractivity contribution in [2.45, 2.75) is 16.7 Å². The van der Waals surface area contributed by atoms with Crippen molar-refractivity contribution < 1.29 is 22.7 Å². The largest absolute Gasteiger partial charge is 0.378 e. The molecular weight excluding hydrogens is 515 g/mol. The Labute approximate surface area is 221 Å². The Hall–Kier alpha value is -3.80. The quantitative estimate of drug-likeness (QED) is 0.475. The third kappa shape index (κ3) is 4.75. The zero-order valence-electron chi connectivity index (χ0n) is 20.1. The fourth-order valence-electron chi connectivity index (χ4n) is 4.86. The Balaban J connectivity index is 1.45. The molecule has 3 heterocycles. The minimum atomic E-state index is -1.60. The van der Waals surface area contributed by atoms with Crippen LogP contribution in [0.1, 0.15) is 28.8 Å². The van der Waals surface area contributed by atoms with Gasteiger partial charge in [0, 0.05) is 47.2 Å². The monoisotopic (exact) mass is 537 g/mol. The summed E-state index contributed by atoms with van der Waals surface area (Å²) in [6.45, 7) is 0.918. The Bertz CT molecular complexity index is 1460. The number of fused-ring (bicyclic) bond motifs is 1. The zero-order valence-corrected chi connectivity index (χ0v) is 20.9. The van der Waals surface area contributed by atoms with E-state index in [-0.39, 0.29) is 27.9 Å². The molecule has 2 aliphatic heterocycles. The van der Waals surface area contributed by atoms with Crippen molar-refractivity contribution in [3.63, 3.8) is 0 Å². The summed E-state index contributed by atoms with van der Waals surface area (Å²) in [6.07, 6.45) is 4.85. The first-order valence-electron chi connectivity index (χ1n) is 11.8. The number of nitriles is 1. The molecule has 0 spiro atoms. The number of carbonyl (C=O) groups is 1. The molecule has 1 aliphatic carbocycles. The number of alkyl halides is 1. The second-order valence-corrected chi connectivity index (χ2v) is 10.6. The van der Waals surface area contributed by atoms with E-state index in [2.05, 4.69) is 21.8 Å². The van der Waals surface area contributed by atoms with Gasteiger partial charge >= 0.3 is 0 Å². The van der Waals surface area contributed by atoms with Gasteiger partial charge in [0.2, 0.25) is 5.91 Å². The molecule has 194 valence electrons. The van der Waals surface area contributed by atoms with Crippen LogP contribution in [0, 0.1) is 40.7 Å². The van der Waals surface area contributed by atoms with Gasteiger partial charge in [-0.25, -0.2) is 23.1 Å². The fraction of sp³-hybridized carbons (Fsp3) is 0.333. The van der Waals surface area contributed by atoms with E-state index in [4.69, 9.17) is 15.7 Å². The number of aliphatic imine (C=N–C) groups is 1. The van der Waals surface area contributed by atoms with E-state index in [9.17, 15) is 13.6 Å². The average molecular weight is 538 g/mol. The van der Waals surface area contributed by atoms with E-state index < -0.39 is 34.5 Å². The average Bonchev–Trinajstić information content (AvgIpc) is 3.66. The number of carbonyl (C=O) groups excluding carboxylic acids is 1. The fourth-order valence-corrected chi connectivity index (χ4v) is 6.18. The first-order valence-corrected chi connectivity index (χ1v) is 12.7. The number of morpholine rings is 1. The molecule has 3 atom stereocenters. The van der Waals surface area contributed by atoms with Crippen LogP contribution >= 0.6 is 11.8 Å². The molecule has 1 saturated heterocycles. The maximum Gasteiger partial charge on any atom is 0.246 e. The van der Waals surface area contributed by atoms with E-state index in [1.807, 2.05) is 0 Å². The van der Waals surface area contributed by atoms with E-state index in [0.29, 0.717) is 38.3 Å². The first-order chi connectivity index (χ1) is 18.3. The second kappa shape index (κ2) is 10.2. The van der Waals surface area contributed by atoms with Crippen LogP contribution in [0.4, 0.5) is 13.2 Å². The van der Waals surface area contributed by atoms with E-state index in [0.717, 1.165) is 12.1 Å². The van der Waals surface area contributed by atoms with Crippen LogP contribution in [0.15, 0.2) is 47.6 Å². The lowest BCUT2D eigenvalue weighted by Crippen LogP contribution is -2.41. The lowest BCUT2D eigenvalue weighted by molar-refractivity contribution is -0.130. The SMILES string of the molecule is N#Cc1cnc(C#Cc2ccc(F)c([C@@]3(CF)N=C(N)S[C@@]4(/C=C/C(=O)N5CCOCC5)C[C@H]43)c2)c(F)c1. The number of hydrogen-bond acceptors (Lipinski definition) is 7. The van der Waals surface area contributed by atoms with Gasteiger partial charge in [-0.15, -0.1) is 0 Å². The van der Waals surface area contributed by atoms with E-state index in [1.54, 1.807) is 17.0 Å². The molecule has 1 aromatic heterocycles. The standard InChI is InChI=1S/C27H22F3N5O2S/c28-16-27(19-11-17(1-3-20(19)29)2-4-22-21(30)12-18(14-31)15-33-22)23-13-26(23,38-25(32)34-27)6-5-24(36)35-7-9-37-10-8-35/h1,3,5-6,11-12,15,23H,7-10,13,16H2,(H2,32,34)/b6-5+/t23-,26+,27-/m1/s1. The van der Waals surface area contributed by atoms with Gasteiger partial charge in [0.1, 0.15) is 29.8 Å². The zero-order chi connectivity index (χ0) is 26.9. The van der Waals surface area contributed by atoms with Gasteiger partial charge in [-0.05, 0) is 36.6 Å². The van der Waals surface area contributed by atoms with Crippen molar-refractivity contribution >= 4 is 22.8 Å². The molecule has 5 rings (SSSR count). The molecular formula is C27H22F3N5O2S. The molecule has 1 aromatic carbocycles. The summed E-state index contributed by atoms with van der Waals surface area (Å²) >= 11 is 1.24. The van der Waals surface area contributed by atoms with Crippen molar-refractivity contribution in [2.24, 2.45) is 16.6 Å². The summed E-state index contributed by atoms with van der Waals surface area (Å²) in [5.41, 5.74) is 4.69. The van der Waals surface area contributed by atoms with Gasteiger partial charge in [0.15, 0.2) is 11.0 Å². The summed E-state index contributed by atoms with van der Waals surface area (Å²) in [5.74, 6) is 3.25. The molecule has 1 amide bonds. The molecule has 0 radical (unpaired) electrons. The van der Waals surface area contributed by atoms with Crippen molar-refractivity contribution in [1.29, 1.82) is 5.26 Å². The van der Waals surface area contributed by atoms with Gasteiger partial charge in [0.25, 0.3) is 0 Å². The number of benzene rings is 1. The van der Waals surface area contributed by atoms with Gasteiger partial charge < -0.3 is 15.4 Å². The van der Waals surface area contributed by atoms with Gasteiger partial charge in [-0.2, -0.15) is 5.26 Å². The first kappa shape index (κ1) is 25.8. The normalized spacial score (nSPS) is 26.1. The van der Waals surface area contributed by atoms with Crippen LogP contribution in [0.3, 0.4) is 0 Å². The lowest BCUT2D eigenvalue weighted by Gasteiger charge is -2.34. The third-order valence-electron chi connectivity index (χ3n) is 6.90. The molecule has 3 aliphatic rings. The van der Waals surface area contributed by atoms with Crippen LogP contribution in [-0.4, -0.2) is 58.7 Å². The van der Waals surface area contributed by atoms with Crippen molar-refractivity contribution in [2.75, 3.05) is 33.0 Å². The van der Waals surface area contributed by atoms with E-state index in [1.165, 1.54) is 36.2 Å². The maximum atomic E-state index is 15.2. The highest BCUT2D eigenvalue weighted by Gasteiger charge is 2.67. The van der Waals surface area contributed by atoms with Crippen LogP contribution in [-0.2, 0) is 15.1 Å². The van der Waals surface area contributed by atoms with Crippen molar-refractivity contribution in [3.05, 3.63) is 76.6 Å². The number of ether oxygens (including phenoxy) is 1. The van der Waals surface area contributed by atoms with Gasteiger partial charge in [-0.3, -0.25) is 4.79 Å². The number of aromatic nitrogens is 1. The molecule has 2 fully saturated rings. The number of nitrogens with two attached hydrogens (primary N) is 1. The summed E-state index contributed by atoms with van der Waals surface area (Å²) in [6, 6.07) is 6.76. The Morgan fingerprint density at radius 2 is 2.03 bits per heavy atom. The lowest BCUT2D eigenvalue weighted by atomic mass is 9.84. The summed E-state index contributed by atoms with van der Waals surface area (Å²) in [4.78, 5) is 22.5. The molecule has 11 heteroatoms. The molecule has 0 bridgehead atoms. The number of hydrogen-bond donors (Lipinski definition) is 1. The molecule has 1 saturated carbocycles. The van der Waals surface area contributed by atoms with Gasteiger partial charge in [-0.1, -0.05) is 23.8 Å². The summed E-state index contributed by atoms with van der Waals surface area (Å²) < 4.78 is 48.8. The summed E-state index contributed by atoms with van der Waals surface area (Å²) in [7, 11) is 0. The van der Waals surface area contributed by atoms with Crippen molar-refractivity contribution in [3.8, 4) is 17.9 Å². The Morgan fingerprint density at radius 1 is 1.24 bits per heavy atom. The Kier molecular flexibility index (Phi) is 6.91. The number of pyridine rings is 1. The second-order valence-electron chi connectivity index (χ2n) is 9.20. The number of thioether (sulfide) groups is 1. The molecule has 7 nitrogen and oxygen atoms in total. The van der Waals surface area contributed by atoms with Crippen LogP contribution in [0.2, 0.25) is 0 Å². The number of nitrogens with zero attached hydrogens (tertiary/aromatic N) is 4. The van der Waals surface area contributed by atoms with Gasteiger partial charge in [0.05, 0.1) is 18.8 Å². The highest BCUT2D eigenvalue weighted by atomic mass is 32.2. The number of halogens is 3. The third-order valence-corrected chi connectivity index (χ3v) is 8.16. The maximum absolute atomic E-state index is 15.2. The predicted octanol–water partition coefficient (Wildman–Crippen LogP) is 3.03. The minimum absolute atomic E-state index is 0.0110. The topological polar surface area (TPSA) is 105 Å². The molecule has 38 heavy (non-hydrogen) atoms. The number of rotatable bonds is 4. The van der Waals surface area contributed by atoms with E-state index >= 15 is 4.39 Å². The van der Waals surface area contributed by atoms with Crippen LogP contribution in [0.25, 0.3) is 0 Å². The highest BCUT2D eigenvalue weighted by molar-refractivity contribution is 8.15. The molecule has 2 aromatic rings. The van der Waals surface area contributed by atoms with Crippen LogP contribution in [0.5, 0.6) is 0 Å². The molecule has 0 unspecified atom stereocenters. The van der Waals surface area contributed by atoms with Crippen molar-refractivity contribution in [1.82, 2.24) is 9.88 Å². The highest BCUT2D eigenvalue weighted by Crippen LogP contribution is 2.66. The smallest absolute Gasteiger partial charge is 0.246 e.